The van der Waals surface area contributed by atoms with Crippen molar-refractivity contribution in [3.8, 4) is 0 Å². The summed E-state index contributed by atoms with van der Waals surface area (Å²) in [5.74, 6) is -5.85. The third kappa shape index (κ3) is 8.01. The lowest BCUT2D eigenvalue weighted by Gasteiger charge is -2.26. The zero-order chi connectivity index (χ0) is 28.4. The molecule has 2 aliphatic rings. The minimum atomic E-state index is -1.23. The Labute approximate surface area is 224 Å². The van der Waals surface area contributed by atoms with E-state index in [0.29, 0.717) is 18.7 Å². The molecule has 0 N–H and O–H groups in total. The van der Waals surface area contributed by atoms with E-state index in [0.717, 1.165) is 77.5 Å². The highest BCUT2D eigenvalue weighted by Crippen LogP contribution is 2.22. The third-order valence-corrected chi connectivity index (χ3v) is 6.77. The molecule has 12 heteroatoms. The molecule has 8 nitrogen and oxygen atoms in total. The number of halogens is 4. The van der Waals surface area contributed by atoms with Gasteiger partial charge in [0.05, 0.1) is 12.7 Å². The first-order chi connectivity index (χ1) is 18.8. The standard InChI is InChI=1S/C14H17F2NO2.C13H14F2N4O/c1-19-14(18)12-11(15)6-5-10(13(12)16)9-17-7-3-2-4-8-17;14-10-5-4-9(8-19-6-2-1-3-7-19)12(15)11(10)13(20)17-18-16/h5-6H,2-4,7-9H2,1H3;4-5H,1-3,6-8H2. The molecule has 2 heterocycles. The fourth-order valence-corrected chi connectivity index (χ4v) is 4.73. The minimum absolute atomic E-state index is 0.241. The summed E-state index contributed by atoms with van der Waals surface area (Å²) in [6.07, 6.45) is 6.62. The largest absolute Gasteiger partial charge is 0.465 e. The second-order valence-electron chi connectivity index (χ2n) is 9.45. The van der Waals surface area contributed by atoms with Crippen LogP contribution < -0.4 is 0 Å². The van der Waals surface area contributed by atoms with Crippen LogP contribution in [-0.4, -0.2) is 55.0 Å². The van der Waals surface area contributed by atoms with E-state index in [4.69, 9.17) is 5.53 Å². The molecule has 2 saturated heterocycles. The lowest BCUT2D eigenvalue weighted by atomic mass is 10.1. The predicted molar refractivity (Wildman–Crippen MR) is 136 cm³/mol. The fourth-order valence-electron chi connectivity index (χ4n) is 4.73. The molecule has 0 unspecified atom stereocenters. The molecule has 2 aromatic carbocycles. The van der Waals surface area contributed by atoms with E-state index in [1.165, 1.54) is 18.6 Å². The van der Waals surface area contributed by atoms with Gasteiger partial charge in [0.2, 0.25) is 0 Å². The first-order valence-electron chi connectivity index (χ1n) is 12.8. The van der Waals surface area contributed by atoms with E-state index >= 15 is 0 Å². The normalized spacial score (nSPS) is 16.0. The van der Waals surface area contributed by atoms with Crippen molar-refractivity contribution in [1.82, 2.24) is 9.80 Å². The maximum Gasteiger partial charge on any atom is 0.343 e. The Morgan fingerprint density at radius 1 is 0.795 bits per heavy atom. The van der Waals surface area contributed by atoms with Gasteiger partial charge in [0.1, 0.15) is 28.8 Å². The van der Waals surface area contributed by atoms with Crippen LogP contribution >= 0.6 is 0 Å². The molecular formula is C27H31F4N5O3. The number of nitrogens with zero attached hydrogens (tertiary/aromatic N) is 5. The van der Waals surface area contributed by atoms with Crippen LogP contribution in [0.25, 0.3) is 10.4 Å². The molecular weight excluding hydrogens is 518 g/mol. The maximum atomic E-state index is 14.2. The fraction of sp³-hybridized carbons (Fsp3) is 0.481. The van der Waals surface area contributed by atoms with E-state index in [1.807, 2.05) is 0 Å². The highest BCUT2D eigenvalue weighted by molar-refractivity contribution is 5.95. The summed E-state index contributed by atoms with van der Waals surface area (Å²) in [6.45, 7) is 4.25. The van der Waals surface area contributed by atoms with Crippen LogP contribution in [0.1, 0.15) is 70.4 Å². The van der Waals surface area contributed by atoms with E-state index < -0.39 is 46.3 Å². The van der Waals surface area contributed by atoms with Crippen LogP contribution in [0, 0.1) is 23.3 Å². The molecule has 2 aliphatic heterocycles. The quantitative estimate of drug-likeness (QED) is 0.142. The van der Waals surface area contributed by atoms with Crippen molar-refractivity contribution in [3.63, 3.8) is 0 Å². The van der Waals surface area contributed by atoms with Crippen molar-refractivity contribution in [2.24, 2.45) is 5.11 Å². The Morgan fingerprint density at radius 2 is 1.23 bits per heavy atom. The molecule has 4 rings (SSSR count). The number of ether oxygens (including phenoxy) is 1. The van der Waals surface area contributed by atoms with E-state index in [9.17, 15) is 27.2 Å². The monoisotopic (exact) mass is 549 g/mol. The Kier molecular flexibility index (Phi) is 11.3. The molecule has 0 aliphatic carbocycles. The highest BCUT2D eigenvalue weighted by Gasteiger charge is 2.23. The van der Waals surface area contributed by atoms with Gasteiger partial charge in [0, 0.05) is 29.1 Å². The summed E-state index contributed by atoms with van der Waals surface area (Å²) < 4.78 is 59.8. The molecule has 2 aromatic rings. The van der Waals surface area contributed by atoms with Crippen LogP contribution in [0.4, 0.5) is 17.6 Å². The second-order valence-corrected chi connectivity index (χ2v) is 9.45. The van der Waals surface area contributed by atoms with Gasteiger partial charge in [-0.3, -0.25) is 14.6 Å². The van der Waals surface area contributed by atoms with Crippen molar-refractivity contribution < 1.29 is 31.9 Å². The number of rotatable bonds is 6. The van der Waals surface area contributed by atoms with E-state index in [-0.39, 0.29) is 5.56 Å². The van der Waals surface area contributed by atoms with Gasteiger partial charge in [0.25, 0.3) is 5.91 Å². The van der Waals surface area contributed by atoms with Gasteiger partial charge in [-0.05, 0) is 74.6 Å². The number of methoxy groups -OCH3 is 1. The van der Waals surface area contributed by atoms with Gasteiger partial charge in [-0.15, -0.1) is 0 Å². The summed E-state index contributed by atoms with van der Waals surface area (Å²) in [7, 11) is 1.11. The summed E-state index contributed by atoms with van der Waals surface area (Å²) >= 11 is 0. The van der Waals surface area contributed by atoms with Crippen molar-refractivity contribution in [2.75, 3.05) is 33.3 Å². The number of likely N-dealkylation sites (tertiary alicyclic amines) is 2. The van der Waals surface area contributed by atoms with Crippen LogP contribution in [0.5, 0.6) is 0 Å². The van der Waals surface area contributed by atoms with Crippen molar-refractivity contribution in [1.29, 1.82) is 0 Å². The second kappa shape index (κ2) is 14.6. The molecule has 0 bridgehead atoms. The van der Waals surface area contributed by atoms with Crippen molar-refractivity contribution in [3.05, 3.63) is 80.2 Å². The third-order valence-electron chi connectivity index (χ3n) is 6.77. The zero-order valence-electron chi connectivity index (χ0n) is 21.8. The molecule has 0 radical (unpaired) electrons. The Morgan fingerprint density at radius 3 is 1.67 bits per heavy atom. The van der Waals surface area contributed by atoms with Crippen LogP contribution in [0.2, 0.25) is 0 Å². The topological polar surface area (TPSA) is 98.6 Å². The molecule has 2 fully saturated rings. The number of azide groups is 1. The lowest BCUT2D eigenvalue weighted by molar-refractivity contribution is 0.0589. The summed E-state index contributed by atoms with van der Waals surface area (Å²) in [4.78, 5) is 29.2. The molecule has 0 saturated carbocycles. The zero-order valence-corrected chi connectivity index (χ0v) is 21.8. The number of hydrogen-bond acceptors (Lipinski definition) is 5. The van der Waals surface area contributed by atoms with Gasteiger partial charge in [-0.1, -0.05) is 25.0 Å². The molecule has 0 aromatic heterocycles. The number of amides is 1. The number of hydrogen-bond donors (Lipinski definition) is 0. The summed E-state index contributed by atoms with van der Waals surface area (Å²) in [6, 6.07) is 4.87. The predicted octanol–water partition coefficient (Wildman–Crippen LogP) is 6.14. The van der Waals surface area contributed by atoms with Crippen molar-refractivity contribution in [2.45, 2.75) is 51.6 Å². The number of benzene rings is 2. The average molecular weight is 550 g/mol. The van der Waals surface area contributed by atoms with E-state index in [1.54, 1.807) is 0 Å². The molecule has 39 heavy (non-hydrogen) atoms. The molecule has 210 valence electrons. The lowest BCUT2D eigenvalue weighted by Crippen LogP contribution is -2.29. The first-order valence-corrected chi connectivity index (χ1v) is 12.8. The Balaban J connectivity index is 0.000000216. The van der Waals surface area contributed by atoms with Gasteiger partial charge >= 0.3 is 5.97 Å². The van der Waals surface area contributed by atoms with Gasteiger partial charge in [-0.25, -0.2) is 22.4 Å². The maximum absolute atomic E-state index is 14.2. The van der Waals surface area contributed by atoms with E-state index in [2.05, 4.69) is 24.6 Å². The number of esters is 1. The average Bonchev–Trinajstić information content (AvgIpc) is 2.93. The molecule has 0 spiro atoms. The van der Waals surface area contributed by atoms with Gasteiger partial charge < -0.3 is 4.74 Å². The number of carbonyl (C=O) groups excluding carboxylic acids is 2. The Hall–Kier alpha value is -3.47. The smallest absolute Gasteiger partial charge is 0.343 e. The first kappa shape index (κ1) is 30.1. The minimum Gasteiger partial charge on any atom is -0.465 e. The highest BCUT2D eigenvalue weighted by atomic mass is 19.1. The SMILES string of the molecule is COC(=O)c1c(F)ccc(CN2CCCCC2)c1F.[N-]=[N+]=NC(=O)c1c(F)ccc(CN2CCCCC2)c1F. The van der Waals surface area contributed by atoms with Crippen LogP contribution in [0.15, 0.2) is 29.4 Å². The molecule has 1 amide bonds. The number of carbonyl (C=O) groups is 2. The number of piperidine rings is 2. The van der Waals surface area contributed by atoms with Gasteiger partial charge in [-0.2, -0.15) is 0 Å². The molecule has 0 atom stereocenters. The van der Waals surface area contributed by atoms with Crippen molar-refractivity contribution >= 4 is 11.9 Å². The summed E-state index contributed by atoms with van der Waals surface area (Å²) in [5, 5.41) is 2.75. The van der Waals surface area contributed by atoms with Crippen LogP contribution in [0.3, 0.4) is 0 Å². The Bertz CT molecular complexity index is 1220. The summed E-state index contributed by atoms with van der Waals surface area (Å²) in [5.41, 5.74) is 7.39. The van der Waals surface area contributed by atoms with Crippen LogP contribution in [-0.2, 0) is 17.8 Å². The van der Waals surface area contributed by atoms with Gasteiger partial charge in [0.15, 0.2) is 0 Å².